The zero-order chi connectivity index (χ0) is 19.7. The molecule has 4 rings (SSSR count). The first-order valence-corrected chi connectivity index (χ1v) is 11.8. The molecule has 1 aliphatic carbocycles. The highest BCUT2D eigenvalue weighted by Crippen LogP contribution is 2.39. The Balaban J connectivity index is 1.56. The van der Waals surface area contributed by atoms with E-state index in [-0.39, 0.29) is 23.0 Å². The Morgan fingerprint density at radius 1 is 1.04 bits per heavy atom. The molecule has 0 radical (unpaired) electrons. The van der Waals surface area contributed by atoms with Crippen molar-refractivity contribution in [3.05, 3.63) is 44.4 Å². The molecule has 1 saturated heterocycles. The molecule has 1 saturated carbocycles. The van der Waals surface area contributed by atoms with Crippen molar-refractivity contribution in [2.24, 2.45) is 0 Å². The molecule has 10 heteroatoms. The van der Waals surface area contributed by atoms with Gasteiger partial charge in [0.25, 0.3) is 5.69 Å². The Hall–Kier alpha value is -1.91. The molecule has 2 aromatic rings. The number of benzene rings is 1. The minimum atomic E-state index is -3.94. The highest BCUT2D eigenvalue weighted by molar-refractivity contribution is 7.89. The fourth-order valence-electron chi connectivity index (χ4n) is 4.08. The molecule has 2 fully saturated rings. The molecule has 0 N–H and O–H groups in total. The van der Waals surface area contributed by atoms with Crippen LogP contribution in [0.25, 0.3) is 0 Å². The Labute approximate surface area is 167 Å². The van der Waals surface area contributed by atoms with Gasteiger partial charge in [0.15, 0.2) is 4.90 Å². The van der Waals surface area contributed by atoms with Crippen LogP contribution in [0.15, 0.2) is 29.2 Å². The van der Waals surface area contributed by atoms with Gasteiger partial charge in [0.1, 0.15) is 10.0 Å². The molecule has 0 spiro atoms. The third kappa shape index (κ3) is 3.68. The first-order valence-electron chi connectivity index (χ1n) is 9.53. The number of nitrogens with zero attached hydrogens (tertiary/aromatic N) is 4. The summed E-state index contributed by atoms with van der Waals surface area (Å²) < 4.78 is 27.5. The van der Waals surface area contributed by atoms with Crippen molar-refractivity contribution in [2.75, 3.05) is 13.1 Å². The van der Waals surface area contributed by atoms with E-state index in [1.165, 1.54) is 41.4 Å². The summed E-state index contributed by atoms with van der Waals surface area (Å²) in [4.78, 5) is 10.4. The number of piperidine rings is 1. The second kappa shape index (κ2) is 7.84. The summed E-state index contributed by atoms with van der Waals surface area (Å²) in [5.41, 5.74) is -0.385. The van der Waals surface area contributed by atoms with E-state index in [1.807, 2.05) is 0 Å². The van der Waals surface area contributed by atoms with E-state index in [4.69, 9.17) is 0 Å². The SMILES string of the molecule is O=[N+]([O-])c1ccccc1S(=O)(=O)N1CCCC(c2nnc(C3CCCC3)s2)C1. The normalized spacial score (nSPS) is 21.8. The Kier molecular flexibility index (Phi) is 5.44. The van der Waals surface area contributed by atoms with Crippen LogP contribution in [0.4, 0.5) is 5.69 Å². The van der Waals surface area contributed by atoms with Gasteiger partial charge in [-0.05, 0) is 31.7 Å². The molecule has 0 amide bonds. The van der Waals surface area contributed by atoms with Crippen molar-refractivity contribution in [2.45, 2.75) is 55.3 Å². The van der Waals surface area contributed by atoms with E-state index in [2.05, 4.69) is 10.2 Å². The first-order chi connectivity index (χ1) is 13.5. The molecule has 0 bridgehead atoms. The molecule has 2 aliphatic rings. The lowest BCUT2D eigenvalue weighted by molar-refractivity contribution is -0.387. The van der Waals surface area contributed by atoms with Gasteiger partial charge in [-0.3, -0.25) is 10.1 Å². The van der Waals surface area contributed by atoms with Crippen molar-refractivity contribution in [1.82, 2.24) is 14.5 Å². The largest absolute Gasteiger partial charge is 0.289 e. The molecular formula is C18H22N4O4S2. The van der Waals surface area contributed by atoms with Crippen molar-refractivity contribution < 1.29 is 13.3 Å². The molecule has 1 unspecified atom stereocenters. The summed E-state index contributed by atoms with van der Waals surface area (Å²) in [5.74, 6) is 0.473. The molecule has 1 aromatic carbocycles. The summed E-state index contributed by atoms with van der Waals surface area (Å²) >= 11 is 1.60. The number of aromatic nitrogens is 2. The zero-order valence-electron chi connectivity index (χ0n) is 15.4. The third-order valence-electron chi connectivity index (χ3n) is 5.57. The average molecular weight is 423 g/mol. The smallest absolute Gasteiger partial charge is 0.258 e. The highest BCUT2D eigenvalue weighted by atomic mass is 32.2. The lowest BCUT2D eigenvalue weighted by Crippen LogP contribution is -2.39. The third-order valence-corrected chi connectivity index (χ3v) is 8.73. The molecular weight excluding hydrogens is 400 g/mol. The number of rotatable bonds is 5. The van der Waals surface area contributed by atoms with Gasteiger partial charge in [-0.2, -0.15) is 4.31 Å². The van der Waals surface area contributed by atoms with Gasteiger partial charge in [-0.25, -0.2) is 8.42 Å². The first kappa shape index (κ1) is 19.4. The summed E-state index contributed by atoms with van der Waals surface area (Å²) in [6.45, 7) is 0.646. The lowest BCUT2D eigenvalue weighted by atomic mass is 10.0. The van der Waals surface area contributed by atoms with Crippen molar-refractivity contribution >= 4 is 27.0 Å². The van der Waals surface area contributed by atoms with Gasteiger partial charge in [-0.1, -0.05) is 25.0 Å². The topological polar surface area (TPSA) is 106 Å². The summed E-state index contributed by atoms with van der Waals surface area (Å²) in [6.07, 6.45) is 6.30. The minimum Gasteiger partial charge on any atom is -0.258 e. The molecule has 1 atom stereocenters. The number of para-hydroxylation sites is 1. The molecule has 1 aromatic heterocycles. The van der Waals surface area contributed by atoms with E-state index in [0.29, 0.717) is 18.9 Å². The molecule has 2 heterocycles. The van der Waals surface area contributed by atoms with Gasteiger partial charge in [0.2, 0.25) is 10.0 Å². The Morgan fingerprint density at radius 2 is 1.68 bits per heavy atom. The van der Waals surface area contributed by atoms with E-state index in [0.717, 1.165) is 29.3 Å². The maximum Gasteiger partial charge on any atom is 0.289 e. The molecule has 8 nitrogen and oxygen atoms in total. The average Bonchev–Trinajstić information content (AvgIpc) is 3.40. The predicted octanol–water partition coefficient (Wildman–Crippen LogP) is 3.67. The van der Waals surface area contributed by atoms with Gasteiger partial charge in [-0.15, -0.1) is 21.5 Å². The van der Waals surface area contributed by atoms with Crippen LogP contribution >= 0.6 is 11.3 Å². The van der Waals surface area contributed by atoms with Crippen LogP contribution in [-0.4, -0.2) is 40.9 Å². The van der Waals surface area contributed by atoms with E-state index in [9.17, 15) is 18.5 Å². The zero-order valence-corrected chi connectivity index (χ0v) is 17.0. The van der Waals surface area contributed by atoms with E-state index < -0.39 is 14.9 Å². The van der Waals surface area contributed by atoms with Gasteiger partial charge >= 0.3 is 0 Å². The van der Waals surface area contributed by atoms with Gasteiger partial charge in [0, 0.05) is 31.0 Å². The van der Waals surface area contributed by atoms with E-state index in [1.54, 1.807) is 11.3 Å². The van der Waals surface area contributed by atoms with Crippen molar-refractivity contribution in [1.29, 1.82) is 0 Å². The van der Waals surface area contributed by atoms with Crippen LogP contribution in [0, 0.1) is 10.1 Å². The quantitative estimate of drug-likeness (QED) is 0.537. The second-order valence-electron chi connectivity index (χ2n) is 7.39. The van der Waals surface area contributed by atoms with E-state index >= 15 is 0 Å². The maximum atomic E-state index is 13.1. The van der Waals surface area contributed by atoms with Crippen LogP contribution in [0.1, 0.15) is 60.4 Å². The number of hydrogen-bond donors (Lipinski definition) is 0. The highest BCUT2D eigenvalue weighted by Gasteiger charge is 2.36. The van der Waals surface area contributed by atoms with Crippen molar-refractivity contribution in [3.8, 4) is 0 Å². The minimum absolute atomic E-state index is 0.0149. The number of sulfonamides is 1. The van der Waals surface area contributed by atoms with Gasteiger partial charge in [0.05, 0.1) is 4.92 Å². The fourth-order valence-corrected chi connectivity index (χ4v) is 6.90. The van der Waals surface area contributed by atoms with Crippen LogP contribution in [-0.2, 0) is 10.0 Å². The van der Waals surface area contributed by atoms with Crippen LogP contribution < -0.4 is 0 Å². The number of hydrogen-bond acceptors (Lipinski definition) is 7. The monoisotopic (exact) mass is 422 g/mol. The van der Waals surface area contributed by atoms with Crippen LogP contribution in [0.3, 0.4) is 0 Å². The lowest BCUT2D eigenvalue weighted by Gasteiger charge is -2.30. The van der Waals surface area contributed by atoms with Crippen LogP contribution in [0.2, 0.25) is 0 Å². The summed E-state index contributed by atoms with van der Waals surface area (Å²) in [6, 6.07) is 5.52. The molecule has 1 aliphatic heterocycles. The fraction of sp³-hybridized carbons (Fsp3) is 0.556. The Bertz CT molecular complexity index is 969. The van der Waals surface area contributed by atoms with Crippen molar-refractivity contribution in [3.63, 3.8) is 0 Å². The maximum absolute atomic E-state index is 13.1. The predicted molar refractivity (Wildman–Crippen MR) is 105 cm³/mol. The van der Waals surface area contributed by atoms with Gasteiger partial charge < -0.3 is 0 Å². The standard InChI is InChI=1S/C18H22N4O4S2/c23-22(24)15-9-3-4-10-16(15)28(25,26)21-11-5-8-14(12-21)18-20-19-17(27-18)13-6-1-2-7-13/h3-4,9-10,13-14H,1-2,5-8,11-12H2. The summed E-state index contributed by atoms with van der Waals surface area (Å²) in [7, 11) is -3.94. The second-order valence-corrected chi connectivity index (χ2v) is 10.3. The Morgan fingerprint density at radius 3 is 2.39 bits per heavy atom. The molecule has 28 heavy (non-hydrogen) atoms. The number of nitro benzene ring substituents is 1. The summed E-state index contributed by atoms with van der Waals surface area (Å²) in [5, 5.41) is 21.9. The van der Waals surface area contributed by atoms with Crippen LogP contribution in [0.5, 0.6) is 0 Å². The number of nitro groups is 1. The molecule has 150 valence electrons.